The molecular weight excluding hydrogens is 330 g/mol. The number of aromatic carboxylic acids is 1. The molecule has 1 aromatic heterocycles. The van der Waals surface area contributed by atoms with E-state index >= 15 is 0 Å². The molecule has 128 valence electrons. The number of carbonyl (C=O) groups excluding carboxylic acids is 1. The van der Waals surface area contributed by atoms with Gasteiger partial charge in [0.1, 0.15) is 11.0 Å². The topological polar surface area (TPSA) is 96.6 Å². The molecule has 2 aromatic rings. The minimum Gasteiger partial charge on any atom is -0.475 e. The summed E-state index contributed by atoms with van der Waals surface area (Å²) in [5, 5.41) is 10.8. The van der Waals surface area contributed by atoms with Gasteiger partial charge in [0.25, 0.3) is 0 Å². The normalized spacial score (nSPS) is 13.3. The number of furan rings is 1. The minimum absolute atomic E-state index is 0.0192. The molecule has 0 aliphatic rings. The van der Waals surface area contributed by atoms with E-state index in [1.807, 2.05) is 26.0 Å². The first-order chi connectivity index (χ1) is 11.3. The second kappa shape index (κ2) is 7.44. The SMILES string of the molecule is Cc1cccc(NC(=O)C(C)S(=O)Cc2ccc(C(=O)O)o2)c1C. The van der Waals surface area contributed by atoms with Crippen LogP contribution in [0.1, 0.15) is 34.4 Å². The second-order valence-electron chi connectivity index (χ2n) is 5.48. The molecule has 2 N–H and O–H groups in total. The van der Waals surface area contributed by atoms with E-state index in [-0.39, 0.29) is 23.2 Å². The largest absolute Gasteiger partial charge is 0.475 e. The number of aryl methyl sites for hydroxylation is 1. The zero-order chi connectivity index (χ0) is 17.9. The monoisotopic (exact) mass is 349 g/mol. The molecule has 2 rings (SSSR count). The van der Waals surface area contributed by atoms with Gasteiger partial charge >= 0.3 is 5.97 Å². The van der Waals surface area contributed by atoms with Crippen LogP contribution in [0.15, 0.2) is 34.7 Å². The zero-order valence-corrected chi connectivity index (χ0v) is 14.5. The van der Waals surface area contributed by atoms with Gasteiger partial charge in [-0.05, 0) is 50.1 Å². The number of benzene rings is 1. The molecule has 0 spiro atoms. The van der Waals surface area contributed by atoms with Crippen molar-refractivity contribution in [3.05, 3.63) is 53.0 Å². The van der Waals surface area contributed by atoms with Crippen LogP contribution in [0.4, 0.5) is 5.69 Å². The summed E-state index contributed by atoms with van der Waals surface area (Å²) in [6, 6.07) is 8.34. The standard InChI is InChI=1S/C17H19NO5S/c1-10-5-4-6-14(11(10)2)18-16(19)12(3)24(22)9-13-7-8-15(23-13)17(20)21/h4-8,12H,9H2,1-3H3,(H,18,19)(H,20,21). The summed E-state index contributed by atoms with van der Waals surface area (Å²) in [6.45, 7) is 5.42. The van der Waals surface area contributed by atoms with E-state index in [1.165, 1.54) is 12.1 Å². The Morgan fingerprint density at radius 3 is 2.58 bits per heavy atom. The number of carboxylic acid groups (broad SMARTS) is 1. The van der Waals surface area contributed by atoms with Crippen LogP contribution in [-0.2, 0) is 21.3 Å². The molecule has 2 unspecified atom stereocenters. The van der Waals surface area contributed by atoms with Crippen LogP contribution >= 0.6 is 0 Å². The van der Waals surface area contributed by atoms with Crippen LogP contribution in [-0.4, -0.2) is 26.4 Å². The number of hydrogen-bond donors (Lipinski definition) is 2. The van der Waals surface area contributed by atoms with Gasteiger partial charge < -0.3 is 14.8 Å². The molecule has 0 saturated carbocycles. The van der Waals surface area contributed by atoms with Crippen molar-refractivity contribution in [1.82, 2.24) is 0 Å². The van der Waals surface area contributed by atoms with Crippen molar-refractivity contribution in [3.63, 3.8) is 0 Å². The number of amides is 1. The van der Waals surface area contributed by atoms with E-state index in [2.05, 4.69) is 5.32 Å². The highest BCUT2D eigenvalue weighted by molar-refractivity contribution is 7.85. The number of anilines is 1. The maximum Gasteiger partial charge on any atom is 0.371 e. The van der Waals surface area contributed by atoms with Crippen LogP contribution in [0.2, 0.25) is 0 Å². The van der Waals surface area contributed by atoms with E-state index in [0.29, 0.717) is 5.69 Å². The molecule has 6 nitrogen and oxygen atoms in total. The zero-order valence-electron chi connectivity index (χ0n) is 13.7. The Hall–Kier alpha value is -2.41. The van der Waals surface area contributed by atoms with Gasteiger partial charge in [-0.15, -0.1) is 0 Å². The third kappa shape index (κ3) is 4.11. The molecule has 0 radical (unpaired) electrons. The van der Waals surface area contributed by atoms with Crippen LogP contribution in [0, 0.1) is 13.8 Å². The molecule has 7 heteroatoms. The van der Waals surface area contributed by atoms with Crippen molar-refractivity contribution in [3.8, 4) is 0 Å². The lowest BCUT2D eigenvalue weighted by Crippen LogP contribution is -2.30. The summed E-state index contributed by atoms with van der Waals surface area (Å²) >= 11 is 0. The Morgan fingerprint density at radius 1 is 1.25 bits per heavy atom. The maximum atomic E-state index is 12.3. The number of carbonyl (C=O) groups is 2. The molecule has 0 aliphatic heterocycles. The Bertz CT molecular complexity index is 796. The lowest BCUT2D eigenvalue weighted by molar-refractivity contribution is -0.115. The highest BCUT2D eigenvalue weighted by Crippen LogP contribution is 2.19. The molecule has 0 bridgehead atoms. The van der Waals surface area contributed by atoms with Gasteiger partial charge in [0.2, 0.25) is 11.7 Å². The van der Waals surface area contributed by atoms with Crippen LogP contribution in [0.25, 0.3) is 0 Å². The number of nitrogens with one attached hydrogen (secondary N) is 1. The van der Waals surface area contributed by atoms with E-state index in [4.69, 9.17) is 9.52 Å². The summed E-state index contributed by atoms with van der Waals surface area (Å²) < 4.78 is 17.4. The summed E-state index contributed by atoms with van der Waals surface area (Å²) in [4.78, 5) is 23.1. The Balaban J connectivity index is 2.02. The Labute approximate surface area is 142 Å². The van der Waals surface area contributed by atoms with E-state index < -0.39 is 22.0 Å². The number of carboxylic acids is 1. The molecule has 24 heavy (non-hydrogen) atoms. The minimum atomic E-state index is -1.53. The predicted octanol–water partition coefficient (Wildman–Crippen LogP) is 2.87. The smallest absolute Gasteiger partial charge is 0.371 e. The summed E-state index contributed by atoms with van der Waals surface area (Å²) in [7, 11) is -1.53. The number of hydrogen-bond acceptors (Lipinski definition) is 4. The third-order valence-corrected chi connectivity index (χ3v) is 5.35. The maximum absolute atomic E-state index is 12.3. The average molecular weight is 349 g/mol. The molecule has 1 amide bonds. The van der Waals surface area contributed by atoms with Gasteiger partial charge in [0.15, 0.2) is 0 Å². The molecule has 2 atom stereocenters. The Kier molecular flexibility index (Phi) is 5.56. The van der Waals surface area contributed by atoms with Crippen molar-refractivity contribution in [1.29, 1.82) is 0 Å². The van der Waals surface area contributed by atoms with Crippen LogP contribution < -0.4 is 5.32 Å². The van der Waals surface area contributed by atoms with Crippen molar-refractivity contribution < 1.29 is 23.3 Å². The molecule has 0 fully saturated rings. The lowest BCUT2D eigenvalue weighted by atomic mass is 10.1. The van der Waals surface area contributed by atoms with Crippen LogP contribution in [0.3, 0.4) is 0 Å². The first kappa shape index (κ1) is 17.9. The predicted molar refractivity (Wildman–Crippen MR) is 91.5 cm³/mol. The molecule has 1 heterocycles. The van der Waals surface area contributed by atoms with Crippen molar-refractivity contribution in [2.75, 3.05) is 5.32 Å². The molecule has 0 saturated heterocycles. The molecule has 1 aromatic carbocycles. The fourth-order valence-electron chi connectivity index (χ4n) is 2.08. The van der Waals surface area contributed by atoms with Gasteiger partial charge in [0, 0.05) is 16.5 Å². The van der Waals surface area contributed by atoms with Gasteiger partial charge in [-0.1, -0.05) is 12.1 Å². The first-order valence-corrected chi connectivity index (χ1v) is 8.74. The van der Waals surface area contributed by atoms with Gasteiger partial charge in [-0.25, -0.2) is 4.79 Å². The molecule has 0 aliphatic carbocycles. The highest BCUT2D eigenvalue weighted by Gasteiger charge is 2.22. The van der Waals surface area contributed by atoms with Crippen molar-refractivity contribution in [2.45, 2.75) is 31.8 Å². The Morgan fingerprint density at radius 2 is 1.96 bits per heavy atom. The van der Waals surface area contributed by atoms with Crippen molar-refractivity contribution in [2.24, 2.45) is 0 Å². The van der Waals surface area contributed by atoms with Gasteiger partial charge in [-0.2, -0.15) is 0 Å². The number of rotatable bonds is 6. The summed E-state index contributed by atoms with van der Waals surface area (Å²) in [5.74, 6) is -1.50. The van der Waals surface area contributed by atoms with E-state index in [9.17, 15) is 13.8 Å². The van der Waals surface area contributed by atoms with Gasteiger partial charge in [0.05, 0.1) is 5.75 Å². The van der Waals surface area contributed by atoms with E-state index in [1.54, 1.807) is 13.0 Å². The third-order valence-electron chi connectivity index (χ3n) is 3.78. The van der Waals surface area contributed by atoms with E-state index in [0.717, 1.165) is 11.1 Å². The summed E-state index contributed by atoms with van der Waals surface area (Å²) in [6.07, 6.45) is 0. The highest BCUT2D eigenvalue weighted by atomic mass is 32.2. The van der Waals surface area contributed by atoms with Crippen molar-refractivity contribution >= 4 is 28.4 Å². The van der Waals surface area contributed by atoms with Gasteiger partial charge in [-0.3, -0.25) is 9.00 Å². The quantitative estimate of drug-likeness (QED) is 0.836. The first-order valence-electron chi connectivity index (χ1n) is 7.36. The lowest BCUT2D eigenvalue weighted by Gasteiger charge is -2.14. The summed E-state index contributed by atoms with van der Waals surface area (Å²) in [5.41, 5.74) is 2.70. The average Bonchev–Trinajstić information content (AvgIpc) is 2.99. The fourth-order valence-corrected chi connectivity index (χ4v) is 3.06. The second-order valence-corrected chi connectivity index (χ2v) is 7.23. The van der Waals surface area contributed by atoms with Crippen LogP contribution in [0.5, 0.6) is 0 Å². The fraction of sp³-hybridized carbons (Fsp3) is 0.294. The molecular formula is C17H19NO5S.